The first-order valence-corrected chi connectivity index (χ1v) is 3.81. The Labute approximate surface area is 74.8 Å². The summed E-state index contributed by atoms with van der Waals surface area (Å²) in [4.78, 5) is 11.3. The van der Waals surface area contributed by atoms with Crippen LogP contribution in [0.5, 0.6) is 0 Å². The summed E-state index contributed by atoms with van der Waals surface area (Å²) in [6, 6.07) is 0. The van der Waals surface area contributed by atoms with Gasteiger partial charge in [0.25, 0.3) is 0 Å². The molecule has 66 valence electrons. The number of aliphatic hydroxyl groups is 1. The first-order chi connectivity index (χ1) is 5.54. The smallest absolute Gasteiger partial charge is 0.210 e. The third-order valence-corrected chi connectivity index (χ3v) is 1.78. The molecule has 12 heavy (non-hydrogen) atoms. The molecule has 0 saturated heterocycles. The van der Waals surface area contributed by atoms with Crippen LogP contribution in [-0.4, -0.2) is 26.8 Å². The van der Waals surface area contributed by atoms with Crippen LogP contribution in [0.2, 0.25) is 5.02 Å². The quantitative estimate of drug-likeness (QED) is 0.693. The first-order valence-electron chi connectivity index (χ1n) is 3.44. The van der Waals surface area contributed by atoms with Crippen LogP contribution in [0.4, 0.5) is 0 Å². The summed E-state index contributed by atoms with van der Waals surface area (Å²) in [6.07, 6.45) is 0.329. The molecule has 1 aromatic heterocycles. The maximum absolute atomic E-state index is 11.3. The summed E-state index contributed by atoms with van der Waals surface area (Å²) in [5, 5.41) is 13.0. The SMILES string of the molecule is CC(O)C(=O)c1c(Cl)cnn1C. The third-order valence-electron chi connectivity index (χ3n) is 1.51. The van der Waals surface area contributed by atoms with Gasteiger partial charge in [0.2, 0.25) is 5.78 Å². The number of aliphatic hydroxyl groups excluding tert-OH is 1. The lowest BCUT2D eigenvalue weighted by molar-refractivity contribution is 0.0769. The van der Waals surface area contributed by atoms with Crippen LogP contribution in [0.15, 0.2) is 6.20 Å². The van der Waals surface area contributed by atoms with Gasteiger partial charge in [-0.25, -0.2) is 0 Å². The molecule has 0 radical (unpaired) electrons. The van der Waals surface area contributed by atoms with Crippen LogP contribution in [0.25, 0.3) is 0 Å². The van der Waals surface area contributed by atoms with Crippen molar-refractivity contribution in [3.8, 4) is 0 Å². The molecule has 0 amide bonds. The van der Waals surface area contributed by atoms with Crippen LogP contribution in [0.3, 0.4) is 0 Å². The number of rotatable bonds is 2. The summed E-state index contributed by atoms with van der Waals surface area (Å²) in [7, 11) is 1.60. The standard InChI is InChI=1S/C7H9ClN2O2/c1-4(11)7(12)6-5(8)3-9-10(6)2/h3-4,11H,1-2H3. The predicted octanol–water partition coefficient (Wildman–Crippen LogP) is 0.637. The van der Waals surface area contributed by atoms with E-state index in [1.807, 2.05) is 0 Å². The molecule has 1 N–H and O–H groups in total. The van der Waals surface area contributed by atoms with Crippen molar-refractivity contribution in [2.45, 2.75) is 13.0 Å². The van der Waals surface area contributed by atoms with Gasteiger partial charge in [0.05, 0.1) is 11.2 Å². The Bertz CT molecular complexity index is 287. The van der Waals surface area contributed by atoms with Crippen molar-refractivity contribution in [1.82, 2.24) is 9.78 Å². The summed E-state index contributed by atoms with van der Waals surface area (Å²) < 4.78 is 1.34. The van der Waals surface area contributed by atoms with Crippen LogP contribution in [0.1, 0.15) is 17.4 Å². The number of hydrogen-bond donors (Lipinski definition) is 1. The van der Waals surface area contributed by atoms with E-state index in [0.29, 0.717) is 0 Å². The minimum atomic E-state index is -1.04. The topological polar surface area (TPSA) is 55.1 Å². The molecule has 0 aliphatic rings. The van der Waals surface area contributed by atoms with Gasteiger partial charge in [-0.05, 0) is 6.92 Å². The maximum atomic E-state index is 11.3. The zero-order valence-electron chi connectivity index (χ0n) is 6.78. The fraction of sp³-hybridized carbons (Fsp3) is 0.429. The Morgan fingerprint density at radius 3 is 2.75 bits per heavy atom. The van der Waals surface area contributed by atoms with Gasteiger partial charge in [0.15, 0.2) is 0 Å². The van der Waals surface area contributed by atoms with Gasteiger partial charge < -0.3 is 5.11 Å². The number of carbonyl (C=O) groups is 1. The second kappa shape index (κ2) is 3.25. The Hall–Kier alpha value is -0.870. The van der Waals surface area contributed by atoms with Crippen molar-refractivity contribution in [2.24, 2.45) is 7.05 Å². The maximum Gasteiger partial charge on any atom is 0.210 e. The van der Waals surface area contributed by atoms with E-state index in [2.05, 4.69) is 5.10 Å². The molecular weight excluding hydrogens is 180 g/mol. The van der Waals surface area contributed by atoms with E-state index in [1.54, 1.807) is 7.05 Å². The number of ketones is 1. The third kappa shape index (κ3) is 1.49. The van der Waals surface area contributed by atoms with Gasteiger partial charge in [-0.2, -0.15) is 5.10 Å². The molecule has 1 rings (SSSR count). The van der Waals surface area contributed by atoms with Gasteiger partial charge in [-0.15, -0.1) is 0 Å². The molecule has 0 spiro atoms. The second-order valence-corrected chi connectivity index (χ2v) is 2.91. The van der Waals surface area contributed by atoms with Crippen molar-refractivity contribution in [2.75, 3.05) is 0 Å². The molecule has 5 heteroatoms. The average molecular weight is 189 g/mol. The summed E-state index contributed by atoms with van der Waals surface area (Å²) in [5.74, 6) is -0.417. The lowest BCUT2D eigenvalue weighted by Gasteiger charge is -2.03. The van der Waals surface area contributed by atoms with Crippen molar-refractivity contribution in [3.63, 3.8) is 0 Å². The van der Waals surface area contributed by atoms with Gasteiger partial charge in [0, 0.05) is 7.05 Å². The number of aromatic nitrogens is 2. The fourth-order valence-electron chi connectivity index (χ4n) is 0.886. The van der Waals surface area contributed by atoms with Crippen molar-refractivity contribution in [1.29, 1.82) is 0 Å². The van der Waals surface area contributed by atoms with E-state index < -0.39 is 11.9 Å². The fourth-order valence-corrected chi connectivity index (χ4v) is 1.14. The Morgan fingerprint density at radius 2 is 2.42 bits per heavy atom. The summed E-state index contributed by atoms with van der Waals surface area (Å²) in [5.41, 5.74) is 0.242. The van der Waals surface area contributed by atoms with E-state index in [1.165, 1.54) is 17.8 Å². The molecule has 0 aliphatic heterocycles. The zero-order chi connectivity index (χ0) is 9.30. The van der Waals surface area contributed by atoms with Crippen LogP contribution in [0, 0.1) is 0 Å². The molecule has 0 aliphatic carbocycles. The average Bonchev–Trinajstić information content (AvgIpc) is 2.30. The number of hydrogen-bond acceptors (Lipinski definition) is 3. The Morgan fingerprint density at radius 1 is 1.83 bits per heavy atom. The van der Waals surface area contributed by atoms with Crippen molar-refractivity contribution >= 4 is 17.4 Å². The summed E-state index contributed by atoms with van der Waals surface area (Å²) in [6.45, 7) is 1.39. The molecule has 0 aromatic carbocycles. The number of Topliss-reactive ketones (excluding diaryl/α,β-unsaturated/α-hetero) is 1. The van der Waals surface area contributed by atoms with Crippen LogP contribution >= 0.6 is 11.6 Å². The second-order valence-electron chi connectivity index (χ2n) is 2.50. The molecule has 1 heterocycles. The highest BCUT2D eigenvalue weighted by molar-refractivity contribution is 6.33. The van der Waals surface area contributed by atoms with Crippen molar-refractivity contribution in [3.05, 3.63) is 16.9 Å². The number of nitrogens with zero attached hydrogens (tertiary/aromatic N) is 2. The molecule has 0 bridgehead atoms. The molecular formula is C7H9ClN2O2. The highest BCUT2D eigenvalue weighted by Crippen LogP contribution is 2.15. The zero-order valence-corrected chi connectivity index (χ0v) is 7.54. The molecule has 0 fully saturated rings. The highest BCUT2D eigenvalue weighted by atomic mass is 35.5. The van der Waals surface area contributed by atoms with Crippen molar-refractivity contribution < 1.29 is 9.90 Å². The Balaban J connectivity index is 3.09. The first kappa shape index (κ1) is 9.22. The largest absolute Gasteiger partial charge is 0.385 e. The monoisotopic (exact) mass is 188 g/mol. The van der Waals surface area contributed by atoms with E-state index in [4.69, 9.17) is 16.7 Å². The summed E-state index contributed by atoms with van der Waals surface area (Å²) >= 11 is 5.67. The lowest BCUT2D eigenvalue weighted by Crippen LogP contribution is -2.19. The van der Waals surface area contributed by atoms with Gasteiger partial charge in [-0.3, -0.25) is 9.48 Å². The lowest BCUT2D eigenvalue weighted by atomic mass is 10.2. The van der Waals surface area contributed by atoms with Gasteiger partial charge >= 0.3 is 0 Å². The molecule has 1 aromatic rings. The number of aryl methyl sites for hydroxylation is 1. The minimum Gasteiger partial charge on any atom is -0.385 e. The number of halogens is 1. The van der Waals surface area contributed by atoms with E-state index in [9.17, 15) is 4.79 Å². The number of carbonyl (C=O) groups excluding carboxylic acids is 1. The molecule has 4 nitrogen and oxygen atoms in total. The van der Waals surface area contributed by atoms with Crippen LogP contribution in [-0.2, 0) is 7.05 Å². The van der Waals surface area contributed by atoms with E-state index in [-0.39, 0.29) is 10.7 Å². The molecule has 1 atom stereocenters. The molecule has 1 unspecified atom stereocenters. The van der Waals surface area contributed by atoms with Crippen LogP contribution < -0.4 is 0 Å². The van der Waals surface area contributed by atoms with Gasteiger partial charge in [0.1, 0.15) is 11.8 Å². The Kier molecular flexibility index (Phi) is 2.49. The van der Waals surface area contributed by atoms with E-state index >= 15 is 0 Å². The predicted molar refractivity (Wildman–Crippen MR) is 44.2 cm³/mol. The molecule has 0 saturated carbocycles. The normalized spacial score (nSPS) is 13.0. The minimum absolute atomic E-state index is 0.242. The van der Waals surface area contributed by atoms with Gasteiger partial charge in [-0.1, -0.05) is 11.6 Å². The highest BCUT2D eigenvalue weighted by Gasteiger charge is 2.19. The van der Waals surface area contributed by atoms with E-state index in [0.717, 1.165) is 0 Å².